The second kappa shape index (κ2) is 6.04. The fourth-order valence-corrected chi connectivity index (χ4v) is 2.04. The Morgan fingerprint density at radius 2 is 1.55 bits per heavy atom. The predicted octanol–water partition coefficient (Wildman–Crippen LogP) is 4.43. The molecule has 0 aliphatic carbocycles. The summed E-state index contributed by atoms with van der Waals surface area (Å²) < 4.78 is 0. The fourth-order valence-electron chi connectivity index (χ4n) is 2.04. The molecular weight excluding hydrogens is 246 g/mol. The molecule has 0 saturated carbocycles. The average Bonchev–Trinajstić information content (AvgIpc) is 2.46. The van der Waals surface area contributed by atoms with E-state index in [0.29, 0.717) is 11.8 Å². The Kier molecular flexibility index (Phi) is 4.38. The van der Waals surface area contributed by atoms with Gasteiger partial charge < -0.3 is 5.32 Å². The van der Waals surface area contributed by atoms with Crippen molar-refractivity contribution >= 4 is 5.82 Å². The average molecular weight is 269 g/mol. The van der Waals surface area contributed by atoms with E-state index in [1.54, 1.807) is 0 Å². The number of rotatable bonds is 4. The second-order valence-electron chi connectivity index (χ2n) is 5.68. The summed E-state index contributed by atoms with van der Waals surface area (Å²) in [5, 5.41) is 3.11. The van der Waals surface area contributed by atoms with Crippen LogP contribution >= 0.6 is 0 Å². The lowest BCUT2D eigenvalue weighted by molar-refractivity contribution is 0.817. The maximum Gasteiger partial charge on any atom is 0.161 e. The number of anilines is 1. The molecule has 20 heavy (non-hydrogen) atoms. The van der Waals surface area contributed by atoms with E-state index in [4.69, 9.17) is 0 Å². The highest BCUT2D eigenvalue weighted by Gasteiger charge is 2.09. The Bertz CT molecular complexity index is 571. The van der Waals surface area contributed by atoms with Gasteiger partial charge in [0, 0.05) is 24.4 Å². The Hall–Kier alpha value is -1.90. The number of nitrogens with zero attached hydrogens (tertiary/aromatic N) is 2. The molecular formula is C17H23N3. The molecule has 0 aliphatic heterocycles. The summed E-state index contributed by atoms with van der Waals surface area (Å²) >= 11 is 0. The van der Waals surface area contributed by atoms with E-state index >= 15 is 0 Å². The molecule has 1 heterocycles. The molecule has 2 rings (SSSR count). The van der Waals surface area contributed by atoms with Crippen molar-refractivity contribution in [1.29, 1.82) is 0 Å². The summed E-state index contributed by atoms with van der Waals surface area (Å²) in [5.74, 6) is 2.58. The molecule has 1 aromatic heterocycles. The molecule has 0 unspecified atom stereocenters. The molecule has 0 radical (unpaired) electrons. The Morgan fingerprint density at radius 1 is 0.900 bits per heavy atom. The molecule has 3 nitrogen and oxygen atoms in total. The molecule has 0 saturated heterocycles. The van der Waals surface area contributed by atoms with Crippen molar-refractivity contribution in [2.75, 3.05) is 12.4 Å². The van der Waals surface area contributed by atoms with Crippen LogP contribution in [0, 0.1) is 0 Å². The zero-order valence-electron chi connectivity index (χ0n) is 12.9. The molecule has 0 spiro atoms. The lowest BCUT2D eigenvalue weighted by Gasteiger charge is -2.11. The fraction of sp³-hybridized carbons (Fsp3) is 0.412. The maximum absolute atomic E-state index is 4.67. The van der Waals surface area contributed by atoms with Gasteiger partial charge in [-0.3, -0.25) is 0 Å². The summed E-state index contributed by atoms with van der Waals surface area (Å²) in [6, 6.07) is 10.5. The molecule has 1 aromatic carbocycles. The van der Waals surface area contributed by atoms with Crippen molar-refractivity contribution in [1.82, 2.24) is 9.97 Å². The summed E-state index contributed by atoms with van der Waals surface area (Å²) in [6.07, 6.45) is 0. The zero-order valence-corrected chi connectivity index (χ0v) is 12.9. The molecule has 3 heteroatoms. The van der Waals surface area contributed by atoms with Gasteiger partial charge in [-0.1, -0.05) is 52.0 Å². The van der Waals surface area contributed by atoms with Crippen molar-refractivity contribution in [2.45, 2.75) is 39.5 Å². The number of benzene rings is 1. The standard InChI is InChI=1S/C17H23N3/c1-11(2)13-6-8-14(9-7-13)17-19-15(12(3)4)10-16(18-5)20-17/h6-12H,1-5H3,(H,18,19,20). The molecule has 0 amide bonds. The van der Waals surface area contributed by atoms with Crippen LogP contribution in [0.3, 0.4) is 0 Å². The van der Waals surface area contributed by atoms with Gasteiger partial charge in [0.25, 0.3) is 0 Å². The van der Waals surface area contributed by atoms with Crippen molar-refractivity contribution < 1.29 is 0 Å². The van der Waals surface area contributed by atoms with Gasteiger partial charge >= 0.3 is 0 Å². The van der Waals surface area contributed by atoms with E-state index in [2.05, 4.69) is 67.2 Å². The minimum Gasteiger partial charge on any atom is -0.373 e. The summed E-state index contributed by atoms with van der Waals surface area (Å²) in [7, 11) is 1.89. The van der Waals surface area contributed by atoms with E-state index in [-0.39, 0.29) is 0 Å². The highest BCUT2D eigenvalue weighted by molar-refractivity contribution is 5.58. The van der Waals surface area contributed by atoms with Crippen LogP contribution in [0.5, 0.6) is 0 Å². The van der Waals surface area contributed by atoms with Gasteiger partial charge in [-0.15, -0.1) is 0 Å². The topological polar surface area (TPSA) is 37.8 Å². The maximum atomic E-state index is 4.67. The summed E-state index contributed by atoms with van der Waals surface area (Å²) in [6.45, 7) is 8.69. The van der Waals surface area contributed by atoms with Crippen LogP contribution < -0.4 is 5.32 Å². The van der Waals surface area contributed by atoms with Gasteiger partial charge in [-0.05, 0) is 17.4 Å². The second-order valence-corrected chi connectivity index (χ2v) is 5.68. The number of hydrogen-bond donors (Lipinski definition) is 1. The third-order valence-corrected chi connectivity index (χ3v) is 3.43. The third-order valence-electron chi connectivity index (χ3n) is 3.43. The minimum atomic E-state index is 0.388. The smallest absolute Gasteiger partial charge is 0.161 e. The monoisotopic (exact) mass is 269 g/mol. The first kappa shape index (κ1) is 14.5. The van der Waals surface area contributed by atoms with Crippen molar-refractivity contribution in [3.8, 4) is 11.4 Å². The number of hydrogen-bond acceptors (Lipinski definition) is 3. The molecule has 0 aliphatic rings. The van der Waals surface area contributed by atoms with Crippen molar-refractivity contribution in [2.24, 2.45) is 0 Å². The Morgan fingerprint density at radius 3 is 2.05 bits per heavy atom. The molecule has 106 valence electrons. The third kappa shape index (κ3) is 3.16. The first-order valence-corrected chi connectivity index (χ1v) is 7.18. The highest BCUT2D eigenvalue weighted by atomic mass is 15.0. The van der Waals surface area contributed by atoms with Crippen LogP contribution in [-0.4, -0.2) is 17.0 Å². The van der Waals surface area contributed by atoms with E-state index in [9.17, 15) is 0 Å². The van der Waals surface area contributed by atoms with Gasteiger partial charge in [0.15, 0.2) is 5.82 Å². The number of nitrogens with one attached hydrogen (secondary N) is 1. The molecule has 0 atom stereocenters. The van der Waals surface area contributed by atoms with Crippen LogP contribution in [0.15, 0.2) is 30.3 Å². The lowest BCUT2D eigenvalue weighted by Crippen LogP contribution is -2.02. The van der Waals surface area contributed by atoms with Gasteiger partial charge in [-0.2, -0.15) is 0 Å². The Balaban J connectivity index is 2.43. The summed E-state index contributed by atoms with van der Waals surface area (Å²) in [4.78, 5) is 9.23. The first-order chi connectivity index (χ1) is 9.51. The van der Waals surface area contributed by atoms with Crippen LogP contribution in [-0.2, 0) is 0 Å². The Labute approximate surface area is 121 Å². The lowest BCUT2D eigenvalue weighted by atomic mass is 10.0. The predicted molar refractivity (Wildman–Crippen MR) is 85.2 cm³/mol. The van der Waals surface area contributed by atoms with Crippen LogP contribution in [0.25, 0.3) is 11.4 Å². The molecule has 0 fully saturated rings. The quantitative estimate of drug-likeness (QED) is 0.892. The minimum absolute atomic E-state index is 0.388. The van der Waals surface area contributed by atoms with Gasteiger partial charge in [0.2, 0.25) is 0 Å². The molecule has 2 aromatic rings. The van der Waals surface area contributed by atoms with Crippen molar-refractivity contribution in [3.05, 3.63) is 41.6 Å². The molecule has 0 bridgehead atoms. The largest absolute Gasteiger partial charge is 0.373 e. The van der Waals surface area contributed by atoms with Crippen LogP contribution in [0.2, 0.25) is 0 Å². The van der Waals surface area contributed by atoms with Gasteiger partial charge in [0.1, 0.15) is 5.82 Å². The van der Waals surface area contributed by atoms with Crippen molar-refractivity contribution in [3.63, 3.8) is 0 Å². The summed E-state index contributed by atoms with van der Waals surface area (Å²) in [5.41, 5.74) is 3.46. The zero-order chi connectivity index (χ0) is 14.7. The highest BCUT2D eigenvalue weighted by Crippen LogP contribution is 2.23. The molecule has 1 N–H and O–H groups in total. The SMILES string of the molecule is CNc1cc(C(C)C)nc(-c2ccc(C(C)C)cc2)n1. The first-order valence-electron chi connectivity index (χ1n) is 7.18. The van der Waals surface area contributed by atoms with Gasteiger partial charge in [-0.25, -0.2) is 9.97 Å². The normalized spacial score (nSPS) is 11.2. The van der Waals surface area contributed by atoms with E-state index in [0.717, 1.165) is 22.9 Å². The van der Waals surface area contributed by atoms with Gasteiger partial charge in [0.05, 0.1) is 0 Å². The van der Waals surface area contributed by atoms with E-state index < -0.39 is 0 Å². The van der Waals surface area contributed by atoms with E-state index in [1.165, 1.54) is 5.56 Å². The number of aromatic nitrogens is 2. The van der Waals surface area contributed by atoms with Crippen LogP contribution in [0.1, 0.15) is 50.8 Å². The van der Waals surface area contributed by atoms with E-state index in [1.807, 2.05) is 13.1 Å². The van der Waals surface area contributed by atoms with Crippen LogP contribution in [0.4, 0.5) is 5.82 Å².